The molecule has 0 bridgehead atoms. The highest BCUT2D eigenvalue weighted by Gasteiger charge is 2.45. The maximum Gasteiger partial charge on any atom is 0.320 e. The van der Waals surface area contributed by atoms with Crippen molar-refractivity contribution in [3.63, 3.8) is 0 Å². The van der Waals surface area contributed by atoms with E-state index in [4.69, 9.17) is 9.84 Å². The van der Waals surface area contributed by atoms with Gasteiger partial charge in [-0.3, -0.25) is 10.3 Å². The SMILES string of the molecule is C=NN(C)/C=C(\C)c1nn(-c2ccccc2)c(NC(=O)N[C@@H]2C[C@@](O)(CCOC)C[C@H]2c2ccccc2)c1C. The van der Waals surface area contributed by atoms with Crippen molar-refractivity contribution in [1.29, 1.82) is 0 Å². The Hall–Kier alpha value is -3.95. The molecule has 9 heteroatoms. The third-order valence-electron chi connectivity index (χ3n) is 7.33. The number of nitrogens with zero attached hydrogens (tertiary/aromatic N) is 4. The number of urea groups is 1. The van der Waals surface area contributed by atoms with Crippen LogP contribution in [0.25, 0.3) is 11.3 Å². The zero-order chi connectivity index (χ0) is 28.0. The van der Waals surface area contributed by atoms with E-state index >= 15 is 0 Å². The molecular weight excluding hydrogens is 492 g/mol. The zero-order valence-corrected chi connectivity index (χ0v) is 23.1. The van der Waals surface area contributed by atoms with E-state index < -0.39 is 5.60 Å². The van der Waals surface area contributed by atoms with Gasteiger partial charge in [0.25, 0.3) is 0 Å². The Kier molecular flexibility index (Phi) is 8.83. The van der Waals surface area contributed by atoms with Crippen LogP contribution < -0.4 is 10.6 Å². The third-order valence-corrected chi connectivity index (χ3v) is 7.33. The lowest BCUT2D eigenvalue weighted by Crippen LogP contribution is -2.41. The van der Waals surface area contributed by atoms with Crippen molar-refractivity contribution in [1.82, 2.24) is 20.1 Å². The first-order chi connectivity index (χ1) is 18.7. The minimum absolute atomic E-state index is 0.0263. The van der Waals surface area contributed by atoms with Crippen molar-refractivity contribution < 1.29 is 14.6 Å². The first-order valence-electron chi connectivity index (χ1n) is 13.1. The number of methoxy groups -OCH3 is 1. The van der Waals surface area contributed by atoms with Crippen LogP contribution in [0.2, 0.25) is 0 Å². The summed E-state index contributed by atoms with van der Waals surface area (Å²) in [6.07, 6.45) is 3.33. The van der Waals surface area contributed by atoms with Crippen LogP contribution in [0.3, 0.4) is 0 Å². The Morgan fingerprint density at radius 3 is 2.54 bits per heavy atom. The lowest BCUT2D eigenvalue weighted by Gasteiger charge is -2.22. The van der Waals surface area contributed by atoms with Crippen LogP contribution in [0.15, 0.2) is 72.0 Å². The number of nitrogens with one attached hydrogen (secondary N) is 2. The number of hydrazone groups is 1. The number of benzene rings is 2. The predicted octanol–water partition coefficient (Wildman–Crippen LogP) is 4.92. The normalized spacial score (nSPS) is 21.0. The van der Waals surface area contributed by atoms with E-state index in [0.29, 0.717) is 31.7 Å². The van der Waals surface area contributed by atoms with E-state index in [1.165, 1.54) is 0 Å². The fourth-order valence-electron chi connectivity index (χ4n) is 5.35. The molecule has 4 rings (SSSR count). The van der Waals surface area contributed by atoms with Crippen LogP contribution in [0, 0.1) is 6.92 Å². The average molecular weight is 531 g/mol. The molecule has 3 N–H and O–H groups in total. The van der Waals surface area contributed by atoms with Gasteiger partial charge in [0, 0.05) is 51.2 Å². The third kappa shape index (κ3) is 6.55. The molecule has 1 saturated carbocycles. The lowest BCUT2D eigenvalue weighted by atomic mass is 9.92. The number of aromatic nitrogens is 2. The molecule has 0 unspecified atom stereocenters. The molecule has 3 atom stereocenters. The maximum atomic E-state index is 13.5. The molecule has 0 saturated heterocycles. The fourth-order valence-corrected chi connectivity index (χ4v) is 5.35. The number of rotatable bonds is 10. The summed E-state index contributed by atoms with van der Waals surface area (Å²) in [5.74, 6) is 0.543. The zero-order valence-electron chi connectivity index (χ0n) is 23.1. The van der Waals surface area contributed by atoms with Crippen molar-refractivity contribution in [2.24, 2.45) is 5.10 Å². The number of allylic oxidation sites excluding steroid dienone is 1. The largest absolute Gasteiger partial charge is 0.390 e. The summed E-state index contributed by atoms with van der Waals surface area (Å²) in [7, 11) is 3.43. The second kappa shape index (κ2) is 12.3. The van der Waals surface area contributed by atoms with E-state index in [9.17, 15) is 9.90 Å². The molecule has 1 aromatic heterocycles. The number of para-hydroxylation sites is 1. The van der Waals surface area contributed by atoms with E-state index in [2.05, 4.69) is 22.5 Å². The minimum atomic E-state index is -0.920. The van der Waals surface area contributed by atoms with Crippen molar-refractivity contribution in [3.8, 4) is 5.69 Å². The summed E-state index contributed by atoms with van der Waals surface area (Å²) in [4.78, 5) is 13.5. The van der Waals surface area contributed by atoms with Crippen molar-refractivity contribution >= 4 is 24.1 Å². The van der Waals surface area contributed by atoms with Crippen molar-refractivity contribution in [2.45, 2.75) is 50.7 Å². The van der Waals surface area contributed by atoms with Gasteiger partial charge in [-0.1, -0.05) is 48.5 Å². The van der Waals surface area contributed by atoms with E-state index in [1.807, 2.05) is 80.7 Å². The highest BCUT2D eigenvalue weighted by Crippen LogP contribution is 2.43. The van der Waals surface area contributed by atoms with Crippen LogP contribution in [0.5, 0.6) is 0 Å². The number of aliphatic hydroxyl groups is 1. The average Bonchev–Trinajstić information content (AvgIpc) is 3.44. The number of carbonyl (C=O) groups excluding carboxylic acids is 1. The first kappa shape index (κ1) is 28.1. The van der Waals surface area contributed by atoms with Crippen LogP contribution in [-0.2, 0) is 4.74 Å². The Bertz CT molecular complexity index is 1310. The second-order valence-corrected chi connectivity index (χ2v) is 10.2. The molecule has 39 heavy (non-hydrogen) atoms. The van der Waals surface area contributed by atoms with Gasteiger partial charge < -0.3 is 15.2 Å². The Morgan fingerprint density at radius 2 is 1.90 bits per heavy atom. The summed E-state index contributed by atoms with van der Waals surface area (Å²) in [6.45, 7) is 7.89. The molecule has 1 fully saturated rings. The van der Waals surface area contributed by atoms with Crippen LogP contribution in [-0.4, -0.2) is 65.1 Å². The summed E-state index contributed by atoms with van der Waals surface area (Å²) in [6, 6.07) is 19.1. The number of carbonyl (C=O) groups is 1. The molecule has 206 valence electrons. The molecule has 0 spiro atoms. The highest BCUT2D eigenvalue weighted by molar-refractivity contribution is 5.90. The molecular formula is C30H38N6O3. The fraction of sp³-hybridized carbons (Fsp3) is 0.367. The maximum absolute atomic E-state index is 13.5. The van der Waals surface area contributed by atoms with E-state index in [-0.39, 0.29) is 18.0 Å². The Labute approximate surface area is 230 Å². The summed E-state index contributed by atoms with van der Waals surface area (Å²) in [5, 5.41) is 27.9. The van der Waals surface area contributed by atoms with Gasteiger partial charge in [-0.05, 0) is 56.4 Å². The number of anilines is 1. The standard InChI is InChI=1S/C30H38N6O3/c1-21(20-35(4)31-3)27-22(2)28(36(34-27)24-14-10-7-11-15-24)33-29(37)32-26-19-30(38,16-17-39-5)18-25(26)23-12-8-6-9-13-23/h6-15,20,25-26,38H,3,16-19H2,1-2,4-5H3,(H2,32,33,37)/b21-20+/t25-,26+,30+/m0/s1. The van der Waals surface area contributed by atoms with E-state index in [0.717, 1.165) is 28.1 Å². The molecule has 2 amide bonds. The highest BCUT2D eigenvalue weighted by atomic mass is 16.5. The van der Waals surface area contributed by atoms with Gasteiger partial charge in [-0.15, -0.1) is 0 Å². The van der Waals surface area contributed by atoms with Crippen LogP contribution in [0.4, 0.5) is 10.6 Å². The number of hydrogen-bond acceptors (Lipinski definition) is 6. The van der Waals surface area contributed by atoms with Crippen LogP contribution in [0.1, 0.15) is 48.9 Å². The van der Waals surface area contributed by atoms with Gasteiger partial charge >= 0.3 is 6.03 Å². The van der Waals surface area contributed by atoms with Crippen molar-refractivity contribution in [2.75, 3.05) is 26.1 Å². The van der Waals surface area contributed by atoms with Gasteiger partial charge in [-0.2, -0.15) is 10.2 Å². The molecule has 3 aromatic rings. The molecule has 1 aliphatic carbocycles. The summed E-state index contributed by atoms with van der Waals surface area (Å²) < 4.78 is 6.98. The lowest BCUT2D eigenvalue weighted by molar-refractivity contribution is 0.0119. The Balaban J connectivity index is 1.62. The van der Waals surface area contributed by atoms with E-state index in [1.54, 1.807) is 23.8 Å². The number of amides is 2. The number of hydrogen-bond donors (Lipinski definition) is 3. The van der Waals surface area contributed by atoms with Gasteiger partial charge in [-0.25, -0.2) is 9.48 Å². The molecule has 1 aliphatic rings. The monoisotopic (exact) mass is 530 g/mol. The molecule has 0 aliphatic heterocycles. The summed E-state index contributed by atoms with van der Waals surface area (Å²) >= 11 is 0. The van der Waals surface area contributed by atoms with Crippen molar-refractivity contribution in [3.05, 3.63) is 83.7 Å². The smallest absolute Gasteiger partial charge is 0.320 e. The van der Waals surface area contributed by atoms with Gasteiger partial charge in [0.1, 0.15) is 5.82 Å². The molecule has 1 heterocycles. The van der Waals surface area contributed by atoms with Gasteiger partial charge in [0.05, 0.1) is 17.0 Å². The Morgan fingerprint density at radius 1 is 1.23 bits per heavy atom. The van der Waals surface area contributed by atoms with Gasteiger partial charge in [0.2, 0.25) is 0 Å². The molecule has 0 radical (unpaired) electrons. The van der Waals surface area contributed by atoms with Gasteiger partial charge in [0.15, 0.2) is 0 Å². The molecule has 9 nitrogen and oxygen atoms in total. The first-order valence-corrected chi connectivity index (χ1v) is 13.1. The predicted molar refractivity (Wildman–Crippen MR) is 155 cm³/mol. The van der Waals surface area contributed by atoms with Crippen LogP contribution >= 0.6 is 0 Å². The topological polar surface area (TPSA) is 104 Å². The second-order valence-electron chi connectivity index (χ2n) is 10.2. The number of ether oxygens (including phenoxy) is 1. The summed E-state index contributed by atoms with van der Waals surface area (Å²) in [5.41, 5.74) is 3.43. The minimum Gasteiger partial charge on any atom is -0.390 e. The molecule has 2 aromatic carbocycles. The quantitative estimate of drug-likeness (QED) is 0.255.